The van der Waals surface area contributed by atoms with Gasteiger partial charge >= 0.3 is 5.97 Å². The lowest BCUT2D eigenvalue weighted by molar-refractivity contribution is 0.0702. The number of aliphatic hydroxyl groups is 1. The first-order valence-electron chi connectivity index (χ1n) is 4.33. The summed E-state index contributed by atoms with van der Waals surface area (Å²) in [7, 11) is -3.74. The maximum atomic E-state index is 11.6. The molecule has 0 fully saturated rings. The Kier molecular flexibility index (Phi) is 4.03. The van der Waals surface area contributed by atoms with Crippen molar-refractivity contribution in [2.24, 2.45) is 0 Å². The highest BCUT2D eigenvalue weighted by Gasteiger charge is 2.20. The second-order valence-electron chi connectivity index (χ2n) is 3.13. The Balaban J connectivity index is 2.94. The molecule has 1 aromatic rings. The van der Waals surface area contributed by atoms with Crippen molar-refractivity contribution in [1.82, 2.24) is 4.72 Å². The van der Waals surface area contributed by atoms with E-state index in [1.807, 2.05) is 0 Å². The maximum absolute atomic E-state index is 11.6. The summed E-state index contributed by atoms with van der Waals surface area (Å²) in [6.07, 6.45) is 0. The van der Waals surface area contributed by atoms with Crippen molar-refractivity contribution in [3.8, 4) is 0 Å². The molecule has 3 N–H and O–H groups in total. The van der Waals surface area contributed by atoms with Crippen LogP contribution in [0.15, 0.2) is 16.3 Å². The summed E-state index contributed by atoms with van der Waals surface area (Å²) < 4.78 is 25.4. The molecule has 0 aliphatic rings. The van der Waals surface area contributed by atoms with Crippen molar-refractivity contribution in [3.05, 3.63) is 17.0 Å². The van der Waals surface area contributed by atoms with E-state index in [1.165, 1.54) is 19.1 Å². The zero-order chi connectivity index (χ0) is 12.3. The van der Waals surface area contributed by atoms with E-state index in [9.17, 15) is 13.2 Å². The molecule has 0 saturated heterocycles. The lowest BCUT2D eigenvalue weighted by Crippen LogP contribution is -2.34. The molecule has 6 nitrogen and oxygen atoms in total. The maximum Gasteiger partial charge on any atom is 0.345 e. The van der Waals surface area contributed by atoms with Crippen LogP contribution < -0.4 is 4.72 Å². The van der Waals surface area contributed by atoms with E-state index in [4.69, 9.17) is 10.2 Å². The molecule has 0 unspecified atom stereocenters. The van der Waals surface area contributed by atoms with Crippen molar-refractivity contribution in [3.63, 3.8) is 0 Å². The normalized spacial score (nSPS) is 13.6. The molecule has 1 aromatic heterocycles. The molecular formula is C8H11NO5S2. The minimum Gasteiger partial charge on any atom is -0.477 e. The molecule has 16 heavy (non-hydrogen) atoms. The van der Waals surface area contributed by atoms with Crippen LogP contribution in [0.4, 0.5) is 0 Å². The van der Waals surface area contributed by atoms with Crippen LogP contribution in [0.2, 0.25) is 0 Å². The summed E-state index contributed by atoms with van der Waals surface area (Å²) in [6.45, 7) is 1.18. The van der Waals surface area contributed by atoms with E-state index in [-0.39, 0.29) is 15.7 Å². The zero-order valence-electron chi connectivity index (χ0n) is 8.37. The van der Waals surface area contributed by atoms with Gasteiger partial charge in [-0.25, -0.2) is 17.9 Å². The van der Waals surface area contributed by atoms with Gasteiger partial charge in [0.1, 0.15) is 9.09 Å². The largest absolute Gasteiger partial charge is 0.477 e. The Bertz CT molecular complexity index is 478. The van der Waals surface area contributed by atoms with Gasteiger partial charge in [0, 0.05) is 6.04 Å². The highest BCUT2D eigenvalue weighted by atomic mass is 32.2. The van der Waals surface area contributed by atoms with E-state index < -0.39 is 22.0 Å². The van der Waals surface area contributed by atoms with Crippen LogP contribution in [0, 0.1) is 0 Å². The van der Waals surface area contributed by atoms with Crippen LogP contribution >= 0.6 is 11.3 Å². The minimum absolute atomic E-state index is 0.0444. The fourth-order valence-electron chi connectivity index (χ4n) is 0.940. The Labute approximate surface area is 96.6 Å². The topological polar surface area (TPSA) is 104 Å². The summed E-state index contributed by atoms with van der Waals surface area (Å²) in [5.41, 5.74) is 0. The second kappa shape index (κ2) is 4.91. The Hall–Kier alpha value is -0.960. The third-order valence-corrected chi connectivity index (χ3v) is 4.84. The summed E-state index contributed by atoms with van der Waals surface area (Å²) in [5, 5.41) is 17.4. The Morgan fingerprint density at radius 3 is 2.62 bits per heavy atom. The highest BCUT2D eigenvalue weighted by Crippen LogP contribution is 2.21. The summed E-state index contributed by atoms with van der Waals surface area (Å²) in [5.74, 6) is -1.17. The monoisotopic (exact) mass is 265 g/mol. The number of nitrogens with one attached hydrogen (secondary N) is 1. The van der Waals surface area contributed by atoms with Gasteiger partial charge in [-0.3, -0.25) is 0 Å². The van der Waals surface area contributed by atoms with Crippen LogP contribution in [-0.2, 0) is 10.0 Å². The molecular weight excluding hydrogens is 254 g/mol. The fourth-order valence-corrected chi connectivity index (χ4v) is 3.34. The Morgan fingerprint density at radius 2 is 2.19 bits per heavy atom. The molecule has 8 heteroatoms. The average Bonchev–Trinajstić information content (AvgIpc) is 2.66. The first-order chi connectivity index (χ1) is 7.36. The summed E-state index contributed by atoms with van der Waals surface area (Å²) >= 11 is 0.669. The molecule has 1 heterocycles. The lowest BCUT2D eigenvalue weighted by atomic mass is 10.4. The van der Waals surface area contributed by atoms with Gasteiger partial charge in [0.25, 0.3) is 0 Å². The number of sulfonamides is 1. The second-order valence-corrected chi connectivity index (χ2v) is 6.15. The molecule has 0 amide bonds. The van der Waals surface area contributed by atoms with Gasteiger partial charge in [0.2, 0.25) is 10.0 Å². The SMILES string of the molecule is C[C@H](CO)NS(=O)(=O)c1ccc(C(=O)O)s1. The molecule has 0 aliphatic heterocycles. The number of rotatable bonds is 5. The summed E-state index contributed by atoms with van der Waals surface area (Å²) in [4.78, 5) is 10.5. The molecule has 0 aliphatic carbocycles. The van der Waals surface area contributed by atoms with Crippen molar-refractivity contribution < 1.29 is 23.4 Å². The van der Waals surface area contributed by atoms with E-state index in [0.29, 0.717) is 11.3 Å². The third kappa shape index (κ3) is 3.01. The number of carbonyl (C=O) groups is 1. The summed E-state index contributed by atoms with van der Waals surface area (Å²) in [6, 6.07) is 1.84. The molecule has 1 atom stereocenters. The quantitative estimate of drug-likeness (QED) is 0.700. The van der Waals surface area contributed by atoms with Crippen molar-refractivity contribution in [2.45, 2.75) is 17.2 Å². The van der Waals surface area contributed by atoms with Crippen LogP contribution in [-0.4, -0.2) is 37.2 Å². The van der Waals surface area contributed by atoms with Crippen LogP contribution in [0.1, 0.15) is 16.6 Å². The predicted molar refractivity (Wildman–Crippen MR) is 58.1 cm³/mol. The molecule has 1 rings (SSSR count). The van der Waals surface area contributed by atoms with E-state index in [0.717, 1.165) is 0 Å². The fraction of sp³-hybridized carbons (Fsp3) is 0.375. The van der Waals surface area contributed by atoms with Gasteiger partial charge in [-0.1, -0.05) is 0 Å². The van der Waals surface area contributed by atoms with Crippen LogP contribution in [0.5, 0.6) is 0 Å². The van der Waals surface area contributed by atoms with Crippen molar-refractivity contribution in [2.75, 3.05) is 6.61 Å². The predicted octanol–water partition coefficient (Wildman–Crippen LogP) is 0.105. The number of carboxylic acid groups (broad SMARTS) is 1. The first-order valence-corrected chi connectivity index (χ1v) is 6.63. The number of aromatic carboxylic acids is 1. The van der Waals surface area contributed by atoms with Gasteiger partial charge in [0.15, 0.2) is 0 Å². The van der Waals surface area contributed by atoms with Gasteiger partial charge in [-0.2, -0.15) is 0 Å². The van der Waals surface area contributed by atoms with Gasteiger partial charge in [-0.15, -0.1) is 11.3 Å². The number of carboxylic acids is 1. The van der Waals surface area contributed by atoms with Gasteiger partial charge < -0.3 is 10.2 Å². The average molecular weight is 265 g/mol. The molecule has 0 spiro atoms. The van der Waals surface area contributed by atoms with E-state index >= 15 is 0 Å². The van der Waals surface area contributed by atoms with E-state index in [2.05, 4.69) is 4.72 Å². The van der Waals surface area contributed by atoms with E-state index in [1.54, 1.807) is 0 Å². The number of thiophene rings is 1. The van der Waals surface area contributed by atoms with Gasteiger partial charge in [-0.05, 0) is 19.1 Å². The zero-order valence-corrected chi connectivity index (χ0v) is 10.0. The molecule has 0 saturated carbocycles. The van der Waals surface area contributed by atoms with Crippen LogP contribution in [0.25, 0.3) is 0 Å². The van der Waals surface area contributed by atoms with Crippen LogP contribution in [0.3, 0.4) is 0 Å². The number of hydrogen-bond acceptors (Lipinski definition) is 5. The first kappa shape index (κ1) is 13.1. The van der Waals surface area contributed by atoms with Crippen molar-refractivity contribution in [1.29, 1.82) is 0 Å². The standard InChI is InChI=1S/C8H11NO5S2/c1-5(4-10)9-16(13,14)7-3-2-6(15-7)8(11)12/h2-3,5,9-10H,4H2,1H3,(H,11,12)/t5-/m1/s1. The Morgan fingerprint density at radius 1 is 1.56 bits per heavy atom. The molecule has 0 aromatic carbocycles. The number of hydrogen-bond donors (Lipinski definition) is 3. The minimum atomic E-state index is -3.74. The molecule has 90 valence electrons. The number of aliphatic hydroxyl groups excluding tert-OH is 1. The highest BCUT2D eigenvalue weighted by molar-refractivity contribution is 7.91. The lowest BCUT2D eigenvalue weighted by Gasteiger charge is -2.09. The third-order valence-electron chi connectivity index (χ3n) is 1.69. The smallest absolute Gasteiger partial charge is 0.345 e. The van der Waals surface area contributed by atoms with Gasteiger partial charge in [0.05, 0.1) is 6.61 Å². The molecule has 0 radical (unpaired) electrons. The molecule has 0 bridgehead atoms. The van der Waals surface area contributed by atoms with Crippen molar-refractivity contribution >= 4 is 27.3 Å².